The van der Waals surface area contributed by atoms with Gasteiger partial charge in [0, 0.05) is 4.47 Å². The van der Waals surface area contributed by atoms with Crippen LogP contribution in [0, 0.1) is 0 Å². The molecule has 74 valence electrons. The summed E-state index contributed by atoms with van der Waals surface area (Å²) in [6.07, 6.45) is 3.88. The van der Waals surface area contributed by atoms with Crippen molar-refractivity contribution >= 4 is 28.0 Å². The number of halogens is 1. The molecule has 4 N–H and O–H groups in total. The van der Waals surface area contributed by atoms with Gasteiger partial charge in [-0.1, -0.05) is 40.2 Å². The molecule has 0 aliphatic rings. The van der Waals surface area contributed by atoms with Crippen LogP contribution in [0.1, 0.15) is 5.56 Å². The zero-order valence-electron chi connectivity index (χ0n) is 7.65. The average Bonchev–Trinajstić information content (AvgIpc) is 2.15. The molecule has 0 unspecified atom stereocenters. The normalized spacial score (nSPS) is 10.4. The van der Waals surface area contributed by atoms with E-state index in [4.69, 9.17) is 11.5 Å². The number of hydrogen-bond acceptors (Lipinski definition) is 1. The first-order chi connectivity index (χ1) is 6.68. The Hall–Kier alpha value is -1.29. The Morgan fingerprint density at radius 3 is 2.50 bits per heavy atom. The summed E-state index contributed by atoms with van der Waals surface area (Å²) in [6.45, 7) is 0.512. The number of benzene rings is 1. The number of guanidine groups is 1. The standard InChI is InChI=1S/C10H12BrN3/c11-9-5-3-8(4-6-9)2-1-7-14-10(12)13/h1-6H,7H2,(H4,12,13,14)/b2-1+. The van der Waals surface area contributed by atoms with E-state index in [1.165, 1.54) is 0 Å². The predicted octanol–water partition coefficient (Wildman–Crippen LogP) is 1.74. The van der Waals surface area contributed by atoms with E-state index in [0.717, 1.165) is 10.0 Å². The Kier molecular flexibility index (Phi) is 4.19. The average molecular weight is 254 g/mol. The highest BCUT2D eigenvalue weighted by Gasteiger charge is 1.86. The molecule has 0 atom stereocenters. The Bertz CT molecular complexity index is 337. The van der Waals surface area contributed by atoms with Gasteiger partial charge in [-0.2, -0.15) is 0 Å². The maximum Gasteiger partial charge on any atom is 0.186 e. The van der Waals surface area contributed by atoms with E-state index in [-0.39, 0.29) is 5.96 Å². The van der Waals surface area contributed by atoms with E-state index in [1.54, 1.807) is 0 Å². The fourth-order valence-corrected chi connectivity index (χ4v) is 1.19. The second kappa shape index (κ2) is 5.44. The second-order valence-corrected chi connectivity index (χ2v) is 3.64. The molecule has 0 radical (unpaired) electrons. The van der Waals surface area contributed by atoms with Crippen molar-refractivity contribution in [2.24, 2.45) is 16.5 Å². The Morgan fingerprint density at radius 2 is 1.93 bits per heavy atom. The molecule has 0 saturated carbocycles. The van der Waals surface area contributed by atoms with Crippen LogP contribution in [0.5, 0.6) is 0 Å². The largest absolute Gasteiger partial charge is 0.370 e. The highest BCUT2D eigenvalue weighted by Crippen LogP contribution is 2.11. The SMILES string of the molecule is NC(N)=NC/C=C/c1ccc(Br)cc1. The minimum absolute atomic E-state index is 0.116. The van der Waals surface area contributed by atoms with Crippen LogP contribution < -0.4 is 11.5 Å². The van der Waals surface area contributed by atoms with E-state index in [2.05, 4.69) is 20.9 Å². The topological polar surface area (TPSA) is 64.4 Å². The van der Waals surface area contributed by atoms with Crippen molar-refractivity contribution in [3.05, 3.63) is 40.4 Å². The van der Waals surface area contributed by atoms with Crippen LogP contribution in [0.2, 0.25) is 0 Å². The Labute approximate surface area is 91.6 Å². The van der Waals surface area contributed by atoms with E-state index >= 15 is 0 Å². The molecule has 0 aliphatic heterocycles. The highest BCUT2D eigenvalue weighted by molar-refractivity contribution is 9.10. The first kappa shape index (κ1) is 10.8. The van der Waals surface area contributed by atoms with Crippen molar-refractivity contribution in [3.63, 3.8) is 0 Å². The second-order valence-electron chi connectivity index (χ2n) is 2.72. The molecule has 1 rings (SSSR count). The van der Waals surface area contributed by atoms with Crippen LogP contribution in [-0.4, -0.2) is 12.5 Å². The first-order valence-electron chi connectivity index (χ1n) is 4.16. The van der Waals surface area contributed by atoms with Gasteiger partial charge in [0.1, 0.15) is 0 Å². The van der Waals surface area contributed by atoms with Crippen LogP contribution in [0.15, 0.2) is 39.8 Å². The highest BCUT2D eigenvalue weighted by atomic mass is 79.9. The van der Waals surface area contributed by atoms with Crippen molar-refractivity contribution in [1.82, 2.24) is 0 Å². The molecule has 1 aromatic rings. The number of nitrogens with two attached hydrogens (primary N) is 2. The van der Waals surface area contributed by atoms with Gasteiger partial charge in [-0.15, -0.1) is 0 Å². The fraction of sp³-hybridized carbons (Fsp3) is 0.100. The Morgan fingerprint density at radius 1 is 1.29 bits per heavy atom. The lowest BCUT2D eigenvalue weighted by Gasteiger charge is -1.93. The maximum atomic E-state index is 5.18. The van der Waals surface area contributed by atoms with Gasteiger partial charge in [-0.05, 0) is 17.7 Å². The maximum absolute atomic E-state index is 5.18. The summed E-state index contributed by atoms with van der Waals surface area (Å²) in [5, 5.41) is 0. The third kappa shape index (κ3) is 4.09. The first-order valence-corrected chi connectivity index (χ1v) is 4.95. The van der Waals surface area contributed by atoms with Gasteiger partial charge >= 0.3 is 0 Å². The van der Waals surface area contributed by atoms with Crippen molar-refractivity contribution in [1.29, 1.82) is 0 Å². The van der Waals surface area contributed by atoms with E-state index < -0.39 is 0 Å². The van der Waals surface area contributed by atoms with Crippen LogP contribution in [0.3, 0.4) is 0 Å². The van der Waals surface area contributed by atoms with Gasteiger partial charge in [0.2, 0.25) is 0 Å². The van der Waals surface area contributed by atoms with E-state index in [0.29, 0.717) is 6.54 Å². The smallest absolute Gasteiger partial charge is 0.186 e. The van der Waals surface area contributed by atoms with E-state index in [9.17, 15) is 0 Å². The molecule has 1 aromatic carbocycles. The summed E-state index contributed by atoms with van der Waals surface area (Å²) in [4.78, 5) is 3.83. The molecule has 0 bridgehead atoms. The quantitative estimate of drug-likeness (QED) is 0.637. The molecule has 4 heteroatoms. The number of aliphatic imine (C=N–C) groups is 1. The lowest BCUT2D eigenvalue weighted by atomic mass is 10.2. The third-order valence-electron chi connectivity index (χ3n) is 1.56. The summed E-state index contributed by atoms with van der Waals surface area (Å²) in [6, 6.07) is 7.99. The van der Waals surface area contributed by atoms with Gasteiger partial charge in [-0.25, -0.2) is 4.99 Å². The molecular formula is C10H12BrN3. The number of rotatable bonds is 3. The van der Waals surface area contributed by atoms with Gasteiger partial charge in [0.15, 0.2) is 5.96 Å². The molecule has 0 heterocycles. The molecule has 0 saturated heterocycles. The molecule has 3 nitrogen and oxygen atoms in total. The molecule has 14 heavy (non-hydrogen) atoms. The predicted molar refractivity (Wildman–Crippen MR) is 63.9 cm³/mol. The molecule has 0 aromatic heterocycles. The summed E-state index contributed by atoms with van der Waals surface area (Å²) in [7, 11) is 0. The summed E-state index contributed by atoms with van der Waals surface area (Å²) in [5.41, 5.74) is 11.5. The minimum atomic E-state index is 0.116. The number of nitrogens with zero attached hydrogens (tertiary/aromatic N) is 1. The number of hydrogen-bond donors (Lipinski definition) is 2. The Balaban J connectivity index is 2.52. The summed E-state index contributed by atoms with van der Waals surface area (Å²) in [5.74, 6) is 0.116. The van der Waals surface area contributed by atoms with Crippen LogP contribution in [0.25, 0.3) is 6.08 Å². The van der Waals surface area contributed by atoms with Crippen molar-refractivity contribution in [3.8, 4) is 0 Å². The minimum Gasteiger partial charge on any atom is -0.370 e. The molecule has 0 amide bonds. The van der Waals surface area contributed by atoms with Crippen molar-refractivity contribution in [2.45, 2.75) is 0 Å². The molecule has 0 fully saturated rings. The van der Waals surface area contributed by atoms with Crippen LogP contribution in [0.4, 0.5) is 0 Å². The fourth-order valence-electron chi connectivity index (χ4n) is 0.921. The lowest BCUT2D eigenvalue weighted by Crippen LogP contribution is -2.22. The summed E-state index contributed by atoms with van der Waals surface area (Å²) >= 11 is 3.37. The molecule has 0 spiro atoms. The zero-order valence-corrected chi connectivity index (χ0v) is 9.24. The van der Waals surface area contributed by atoms with Crippen LogP contribution >= 0.6 is 15.9 Å². The zero-order chi connectivity index (χ0) is 10.4. The monoisotopic (exact) mass is 253 g/mol. The van der Waals surface area contributed by atoms with Crippen molar-refractivity contribution < 1.29 is 0 Å². The van der Waals surface area contributed by atoms with E-state index in [1.807, 2.05) is 36.4 Å². The van der Waals surface area contributed by atoms with Gasteiger partial charge in [0.05, 0.1) is 6.54 Å². The van der Waals surface area contributed by atoms with Crippen molar-refractivity contribution in [2.75, 3.05) is 6.54 Å². The molecular weight excluding hydrogens is 242 g/mol. The lowest BCUT2D eigenvalue weighted by molar-refractivity contribution is 1.22. The summed E-state index contributed by atoms with van der Waals surface area (Å²) < 4.78 is 1.07. The molecule has 0 aliphatic carbocycles. The van der Waals surface area contributed by atoms with Gasteiger partial charge in [-0.3, -0.25) is 0 Å². The van der Waals surface area contributed by atoms with Gasteiger partial charge in [0.25, 0.3) is 0 Å². The third-order valence-corrected chi connectivity index (χ3v) is 2.09. The van der Waals surface area contributed by atoms with Gasteiger partial charge < -0.3 is 11.5 Å². The van der Waals surface area contributed by atoms with Crippen LogP contribution in [-0.2, 0) is 0 Å².